The van der Waals surface area contributed by atoms with Crippen LogP contribution in [0.25, 0.3) is 0 Å². The summed E-state index contributed by atoms with van der Waals surface area (Å²) in [7, 11) is 0. The van der Waals surface area contributed by atoms with E-state index < -0.39 is 0 Å². The minimum atomic E-state index is 0.640. The first-order valence-corrected chi connectivity index (χ1v) is 9.38. The van der Waals surface area contributed by atoms with Crippen molar-refractivity contribution in [3.05, 3.63) is 16.4 Å². The van der Waals surface area contributed by atoms with E-state index in [1.54, 1.807) is 0 Å². The molecule has 0 amide bonds. The third kappa shape index (κ3) is 4.32. The maximum absolute atomic E-state index is 4.59. The van der Waals surface area contributed by atoms with E-state index >= 15 is 0 Å². The van der Waals surface area contributed by atoms with Crippen LogP contribution in [0.3, 0.4) is 0 Å². The summed E-state index contributed by atoms with van der Waals surface area (Å²) in [6, 6.07) is 0. The predicted octanol–water partition coefficient (Wildman–Crippen LogP) is 4.58. The molecule has 0 radical (unpaired) electrons. The van der Waals surface area contributed by atoms with Crippen LogP contribution in [0.15, 0.2) is 10.7 Å². The van der Waals surface area contributed by atoms with Gasteiger partial charge in [-0.05, 0) is 66.5 Å². The number of hydrogen-bond donors (Lipinski definition) is 1. The van der Waals surface area contributed by atoms with Crippen LogP contribution in [-0.4, -0.2) is 22.9 Å². The summed E-state index contributed by atoms with van der Waals surface area (Å²) in [5.41, 5.74) is 1.44. The van der Waals surface area contributed by atoms with Crippen molar-refractivity contribution >= 4 is 15.9 Å². The summed E-state index contributed by atoms with van der Waals surface area (Å²) in [5.74, 6) is 2.21. The van der Waals surface area contributed by atoms with Gasteiger partial charge in [0.1, 0.15) is 0 Å². The van der Waals surface area contributed by atoms with Gasteiger partial charge in [0, 0.05) is 12.5 Å². The Labute approximate surface area is 138 Å². The maximum atomic E-state index is 4.59. The molecule has 1 heterocycles. The fraction of sp³-hybridized carbons (Fsp3) is 0.824. The lowest BCUT2D eigenvalue weighted by Crippen LogP contribution is -2.33. The molecule has 4 heteroatoms. The van der Waals surface area contributed by atoms with Crippen LogP contribution in [0.1, 0.15) is 64.5 Å². The van der Waals surface area contributed by atoms with E-state index in [0.29, 0.717) is 5.92 Å². The number of aryl methyl sites for hydroxylation is 1. The number of halogens is 1. The lowest BCUT2D eigenvalue weighted by atomic mass is 9.73. The molecule has 1 saturated carbocycles. The molecular formula is C17H30BrN3. The smallest absolute Gasteiger partial charge is 0.0635 e. The number of hydrogen-bond acceptors (Lipinski definition) is 2. The second-order valence-corrected chi connectivity index (χ2v) is 7.44. The molecule has 1 aromatic heterocycles. The van der Waals surface area contributed by atoms with Gasteiger partial charge in [-0.1, -0.05) is 27.2 Å². The molecule has 1 aromatic rings. The quantitative estimate of drug-likeness (QED) is 0.725. The van der Waals surface area contributed by atoms with E-state index in [1.807, 2.05) is 6.20 Å². The van der Waals surface area contributed by atoms with Gasteiger partial charge in [-0.3, -0.25) is 4.68 Å². The molecule has 21 heavy (non-hydrogen) atoms. The van der Waals surface area contributed by atoms with Gasteiger partial charge in [-0.2, -0.15) is 5.10 Å². The average Bonchev–Trinajstić information content (AvgIpc) is 2.82. The molecule has 3 nitrogen and oxygen atoms in total. The number of nitrogens with zero attached hydrogens (tertiary/aromatic N) is 2. The van der Waals surface area contributed by atoms with Crippen LogP contribution in [0.4, 0.5) is 0 Å². The Morgan fingerprint density at radius 2 is 2.14 bits per heavy atom. The topological polar surface area (TPSA) is 29.9 Å². The predicted molar refractivity (Wildman–Crippen MR) is 92.6 cm³/mol. The highest BCUT2D eigenvalue weighted by Crippen LogP contribution is 2.42. The molecule has 3 unspecified atom stereocenters. The van der Waals surface area contributed by atoms with Crippen LogP contribution < -0.4 is 5.32 Å². The van der Waals surface area contributed by atoms with Gasteiger partial charge in [0.2, 0.25) is 0 Å². The minimum Gasteiger partial charge on any atom is -0.316 e. The van der Waals surface area contributed by atoms with Crippen molar-refractivity contribution in [2.75, 3.05) is 13.1 Å². The van der Waals surface area contributed by atoms with Crippen molar-refractivity contribution < 1.29 is 0 Å². The zero-order valence-corrected chi connectivity index (χ0v) is 15.3. The van der Waals surface area contributed by atoms with Crippen molar-refractivity contribution in [2.24, 2.45) is 11.8 Å². The second-order valence-electron chi connectivity index (χ2n) is 6.59. The average molecular weight is 356 g/mol. The van der Waals surface area contributed by atoms with Crippen LogP contribution in [0, 0.1) is 11.8 Å². The SMILES string of the molecule is CCCNCC1CCC(C)CC1c1c(Br)cnn1CCC. The van der Waals surface area contributed by atoms with Crippen molar-refractivity contribution in [1.29, 1.82) is 0 Å². The molecule has 1 N–H and O–H groups in total. The van der Waals surface area contributed by atoms with Gasteiger partial charge in [-0.25, -0.2) is 0 Å². The highest BCUT2D eigenvalue weighted by molar-refractivity contribution is 9.10. The molecule has 120 valence electrons. The molecule has 0 bridgehead atoms. The first-order valence-electron chi connectivity index (χ1n) is 8.59. The molecule has 0 spiro atoms. The number of aromatic nitrogens is 2. The highest BCUT2D eigenvalue weighted by atomic mass is 79.9. The molecule has 2 rings (SSSR count). The van der Waals surface area contributed by atoms with E-state index in [-0.39, 0.29) is 0 Å². The molecule has 0 aromatic carbocycles. The van der Waals surface area contributed by atoms with Gasteiger partial charge in [0.05, 0.1) is 16.4 Å². The standard InChI is InChI=1S/C17H30BrN3/c1-4-8-19-11-14-7-6-13(3)10-15(14)17-16(18)12-20-21(17)9-5-2/h12-15,19H,4-11H2,1-3H3. The molecule has 3 atom stereocenters. The van der Waals surface area contributed by atoms with Gasteiger partial charge in [0.25, 0.3) is 0 Å². The Balaban J connectivity index is 2.17. The minimum absolute atomic E-state index is 0.640. The van der Waals surface area contributed by atoms with E-state index in [1.165, 1.54) is 35.8 Å². The van der Waals surface area contributed by atoms with Crippen molar-refractivity contribution in [3.63, 3.8) is 0 Å². The van der Waals surface area contributed by atoms with E-state index in [2.05, 4.69) is 51.8 Å². The van der Waals surface area contributed by atoms with Crippen LogP contribution in [0.2, 0.25) is 0 Å². The molecule has 0 aliphatic heterocycles. The summed E-state index contributed by atoms with van der Waals surface area (Å²) >= 11 is 3.75. The Morgan fingerprint density at radius 1 is 1.33 bits per heavy atom. The second kappa shape index (κ2) is 8.33. The van der Waals surface area contributed by atoms with Crippen LogP contribution in [-0.2, 0) is 6.54 Å². The lowest BCUT2D eigenvalue weighted by Gasteiger charge is -2.35. The van der Waals surface area contributed by atoms with Gasteiger partial charge >= 0.3 is 0 Å². The van der Waals surface area contributed by atoms with Gasteiger partial charge < -0.3 is 5.32 Å². The maximum Gasteiger partial charge on any atom is 0.0635 e. The largest absolute Gasteiger partial charge is 0.316 e. The zero-order valence-electron chi connectivity index (χ0n) is 13.7. The lowest BCUT2D eigenvalue weighted by molar-refractivity contribution is 0.232. The van der Waals surface area contributed by atoms with Gasteiger partial charge in [0.15, 0.2) is 0 Å². The number of nitrogens with one attached hydrogen (secondary N) is 1. The summed E-state index contributed by atoms with van der Waals surface area (Å²) in [4.78, 5) is 0. The molecule has 1 fully saturated rings. The third-order valence-corrected chi connectivity index (χ3v) is 5.32. The first-order chi connectivity index (χ1) is 10.2. The number of rotatable bonds is 7. The Morgan fingerprint density at radius 3 is 2.86 bits per heavy atom. The van der Waals surface area contributed by atoms with E-state index in [0.717, 1.165) is 37.9 Å². The normalized spacial score (nSPS) is 26.2. The third-order valence-electron chi connectivity index (χ3n) is 4.71. The fourth-order valence-electron chi connectivity index (χ4n) is 3.62. The summed E-state index contributed by atoms with van der Waals surface area (Å²) < 4.78 is 3.44. The van der Waals surface area contributed by atoms with E-state index in [9.17, 15) is 0 Å². The van der Waals surface area contributed by atoms with E-state index in [4.69, 9.17) is 0 Å². The summed E-state index contributed by atoms with van der Waals surface area (Å²) in [6.07, 6.45) is 8.35. The van der Waals surface area contributed by atoms with Gasteiger partial charge in [-0.15, -0.1) is 0 Å². The Kier molecular flexibility index (Phi) is 6.74. The van der Waals surface area contributed by atoms with Crippen LogP contribution >= 0.6 is 15.9 Å². The highest BCUT2D eigenvalue weighted by Gasteiger charge is 2.33. The monoisotopic (exact) mass is 355 g/mol. The summed E-state index contributed by atoms with van der Waals surface area (Å²) in [6.45, 7) is 10.2. The first kappa shape index (κ1) is 17.0. The Hall–Kier alpha value is -0.350. The fourth-order valence-corrected chi connectivity index (χ4v) is 4.21. The van der Waals surface area contributed by atoms with Crippen molar-refractivity contribution in [1.82, 2.24) is 15.1 Å². The zero-order chi connectivity index (χ0) is 15.2. The molecule has 1 aliphatic carbocycles. The van der Waals surface area contributed by atoms with Crippen molar-refractivity contribution in [2.45, 2.75) is 65.3 Å². The van der Waals surface area contributed by atoms with Crippen LogP contribution in [0.5, 0.6) is 0 Å². The van der Waals surface area contributed by atoms with Crippen molar-refractivity contribution in [3.8, 4) is 0 Å². The molecular weight excluding hydrogens is 326 g/mol. The summed E-state index contributed by atoms with van der Waals surface area (Å²) in [5, 5.41) is 8.22. The Bertz CT molecular complexity index is 430. The molecule has 0 saturated heterocycles. The molecule has 1 aliphatic rings.